The molecule has 0 aromatic heterocycles. The van der Waals surface area contributed by atoms with E-state index in [1.807, 2.05) is 42.5 Å². The van der Waals surface area contributed by atoms with Crippen molar-refractivity contribution in [3.63, 3.8) is 0 Å². The summed E-state index contributed by atoms with van der Waals surface area (Å²) in [7, 11) is -3.67. The molecule has 31 heavy (non-hydrogen) atoms. The van der Waals surface area contributed by atoms with Crippen LogP contribution in [0.15, 0.2) is 66.7 Å². The highest BCUT2D eigenvalue weighted by Gasteiger charge is 2.20. The molecule has 0 spiro atoms. The number of hydrogen-bond donors (Lipinski definition) is 1. The third kappa shape index (κ3) is 6.18. The van der Waals surface area contributed by atoms with Crippen LogP contribution in [-0.2, 0) is 14.8 Å². The summed E-state index contributed by atoms with van der Waals surface area (Å²) in [6.45, 7) is 0.648. The van der Waals surface area contributed by atoms with Crippen LogP contribution < -0.4 is 14.4 Å². The van der Waals surface area contributed by atoms with Crippen molar-refractivity contribution in [3.05, 3.63) is 72.5 Å². The van der Waals surface area contributed by atoms with E-state index in [0.29, 0.717) is 13.2 Å². The van der Waals surface area contributed by atoms with Crippen molar-refractivity contribution in [1.29, 1.82) is 0 Å². The molecule has 1 amide bonds. The monoisotopic (exact) mass is 444 g/mol. The van der Waals surface area contributed by atoms with Gasteiger partial charge in [0.15, 0.2) is 0 Å². The van der Waals surface area contributed by atoms with Crippen molar-refractivity contribution < 1.29 is 22.3 Å². The first-order chi connectivity index (χ1) is 14.9. The Bertz CT molecular complexity index is 1150. The molecule has 0 aliphatic rings. The maximum absolute atomic E-state index is 14.0. The molecule has 3 aromatic carbocycles. The van der Waals surface area contributed by atoms with Gasteiger partial charge in [-0.3, -0.25) is 9.10 Å². The summed E-state index contributed by atoms with van der Waals surface area (Å²) in [6.07, 6.45) is 1.40. The summed E-state index contributed by atoms with van der Waals surface area (Å²) in [5.41, 5.74) is -0.0195. The Kier molecular flexibility index (Phi) is 7.46. The Balaban J connectivity index is 1.45. The SMILES string of the molecule is CS(=O)(=O)N(CCCC(=O)NCCOc1cccc2ccccc12)c1ccccc1F. The molecule has 0 saturated carbocycles. The van der Waals surface area contributed by atoms with E-state index in [9.17, 15) is 17.6 Å². The number of ether oxygens (including phenoxy) is 1. The number of rotatable bonds is 10. The molecule has 0 bridgehead atoms. The maximum atomic E-state index is 14.0. The van der Waals surface area contributed by atoms with Gasteiger partial charge >= 0.3 is 0 Å². The van der Waals surface area contributed by atoms with Gasteiger partial charge in [-0.25, -0.2) is 12.8 Å². The predicted molar refractivity (Wildman–Crippen MR) is 120 cm³/mol. The second-order valence-electron chi connectivity index (χ2n) is 7.07. The Morgan fingerprint density at radius 2 is 1.74 bits per heavy atom. The van der Waals surface area contributed by atoms with Crippen LogP contribution in [0.4, 0.5) is 10.1 Å². The Labute approximate surface area is 181 Å². The lowest BCUT2D eigenvalue weighted by Crippen LogP contribution is -2.33. The third-order valence-electron chi connectivity index (χ3n) is 4.72. The molecule has 164 valence electrons. The summed E-state index contributed by atoms with van der Waals surface area (Å²) in [5, 5.41) is 4.84. The standard InChI is InChI=1S/C23H25FN2O4S/c1-31(28,29)26(21-12-5-4-11-20(21)24)16-7-14-23(27)25-15-17-30-22-13-6-9-18-8-2-3-10-19(18)22/h2-6,8-13H,7,14-17H2,1H3,(H,25,27). The zero-order chi connectivity index (χ0) is 22.3. The molecular weight excluding hydrogens is 419 g/mol. The fourth-order valence-corrected chi connectivity index (χ4v) is 4.23. The highest BCUT2D eigenvalue weighted by atomic mass is 32.2. The first kappa shape index (κ1) is 22.6. The van der Waals surface area contributed by atoms with Crippen molar-refractivity contribution in [1.82, 2.24) is 5.32 Å². The van der Waals surface area contributed by atoms with Gasteiger partial charge in [-0.05, 0) is 30.0 Å². The van der Waals surface area contributed by atoms with Gasteiger partial charge in [0.2, 0.25) is 15.9 Å². The number of amides is 1. The van der Waals surface area contributed by atoms with E-state index in [1.165, 1.54) is 18.2 Å². The molecule has 0 fully saturated rings. The van der Waals surface area contributed by atoms with Gasteiger partial charge in [-0.1, -0.05) is 48.5 Å². The lowest BCUT2D eigenvalue weighted by molar-refractivity contribution is -0.121. The van der Waals surface area contributed by atoms with Crippen LogP contribution in [0, 0.1) is 5.82 Å². The molecule has 0 aliphatic carbocycles. The van der Waals surface area contributed by atoms with E-state index in [2.05, 4.69) is 5.32 Å². The van der Waals surface area contributed by atoms with Crippen molar-refractivity contribution in [3.8, 4) is 5.75 Å². The number of benzene rings is 3. The smallest absolute Gasteiger partial charge is 0.232 e. The summed E-state index contributed by atoms with van der Waals surface area (Å²) < 4.78 is 44.9. The molecule has 6 nitrogen and oxygen atoms in total. The highest BCUT2D eigenvalue weighted by molar-refractivity contribution is 7.92. The normalized spacial score (nSPS) is 11.3. The summed E-state index contributed by atoms with van der Waals surface area (Å²) in [6, 6.07) is 19.4. The van der Waals surface area contributed by atoms with Gasteiger partial charge in [-0.2, -0.15) is 0 Å². The van der Waals surface area contributed by atoms with E-state index in [4.69, 9.17) is 4.74 Å². The van der Waals surface area contributed by atoms with Gasteiger partial charge in [0.25, 0.3) is 0 Å². The van der Waals surface area contributed by atoms with E-state index < -0.39 is 15.8 Å². The number of carbonyl (C=O) groups is 1. The first-order valence-electron chi connectivity index (χ1n) is 9.96. The molecule has 0 atom stereocenters. The molecule has 3 rings (SSSR count). The summed E-state index contributed by atoms with van der Waals surface area (Å²) in [4.78, 5) is 12.1. The van der Waals surface area contributed by atoms with E-state index in [1.54, 1.807) is 6.07 Å². The largest absolute Gasteiger partial charge is 0.491 e. The number of fused-ring (bicyclic) bond motifs is 1. The van der Waals surface area contributed by atoms with Gasteiger partial charge < -0.3 is 10.1 Å². The zero-order valence-corrected chi connectivity index (χ0v) is 18.1. The molecule has 0 heterocycles. The Hall–Kier alpha value is -3.13. The molecule has 0 saturated heterocycles. The van der Waals surface area contributed by atoms with Crippen LogP contribution in [0.5, 0.6) is 5.75 Å². The van der Waals surface area contributed by atoms with Crippen LogP contribution >= 0.6 is 0 Å². The molecule has 1 N–H and O–H groups in total. The topological polar surface area (TPSA) is 75.7 Å². The zero-order valence-electron chi connectivity index (χ0n) is 17.3. The van der Waals surface area contributed by atoms with Crippen LogP contribution in [0.1, 0.15) is 12.8 Å². The number of nitrogens with one attached hydrogen (secondary N) is 1. The molecule has 0 radical (unpaired) electrons. The van der Waals surface area contributed by atoms with Crippen molar-refractivity contribution in [2.75, 3.05) is 30.3 Å². The molecule has 3 aromatic rings. The first-order valence-corrected chi connectivity index (χ1v) is 11.8. The van der Waals surface area contributed by atoms with Crippen molar-refractivity contribution >= 4 is 32.4 Å². The molecular formula is C23H25FN2O4S. The van der Waals surface area contributed by atoms with Gasteiger partial charge in [0, 0.05) is 18.4 Å². The second-order valence-corrected chi connectivity index (χ2v) is 8.97. The van der Waals surface area contributed by atoms with Gasteiger partial charge in [-0.15, -0.1) is 0 Å². The maximum Gasteiger partial charge on any atom is 0.232 e. The van der Waals surface area contributed by atoms with Crippen molar-refractivity contribution in [2.24, 2.45) is 0 Å². The average Bonchev–Trinajstić information content (AvgIpc) is 2.74. The van der Waals surface area contributed by atoms with Gasteiger partial charge in [0.05, 0.1) is 18.5 Å². The number of hydrogen-bond acceptors (Lipinski definition) is 4. The van der Waals surface area contributed by atoms with Crippen LogP contribution in [0.2, 0.25) is 0 Å². The lowest BCUT2D eigenvalue weighted by atomic mass is 10.1. The van der Waals surface area contributed by atoms with Gasteiger partial charge in [0.1, 0.15) is 18.2 Å². The minimum atomic E-state index is -3.67. The fourth-order valence-electron chi connectivity index (χ4n) is 3.26. The number of sulfonamides is 1. The number of para-hydroxylation sites is 1. The van der Waals surface area contributed by atoms with Crippen LogP contribution in [-0.4, -0.2) is 40.3 Å². The van der Waals surface area contributed by atoms with Crippen LogP contribution in [0.25, 0.3) is 10.8 Å². The number of nitrogens with zero attached hydrogens (tertiary/aromatic N) is 1. The van der Waals surface area contributed by atoms with E-state index >= 15 is 0 Å². The minimum absolute atomic E-state index is 0.0136. The summed E-state index contributed by atoms with van der Waals surface area (Å²) >= 11 is 0. The number of anilines is 1. The van der Waals surface area contributed by atoms with E-state index in [-0.39, 0.29) is 31.0 Å². The predicted octanol–water partition coefficient (Wildman–Crippen LogP) is 3.72. The highest BCUT2D eigenvalue weighted by Crippen LogP contribution is 2.25. The average molecular weight is 445 g/mol. The molecule has 0 unspecified atom stereocenters. The minimum Gasteiger partial charge on any atom is -0.491 e. The number of carbonyl (C=O) groups excluding carboxylic acids is 1. The second kappa shape index (κ2) is 10.3. The number of halogens is 1. The van der Waals surface area contributed by atoms with E-state index in [0.717, 1.165) is 27.1 Å². The lowest BCUT2D eigenvalue weighted by Gasteiger charge is -2.22. The summed E-state index contributed by atoms with van der Waals surface area (Å²) in [5.74, 6) is -0.0903. The Morgan fingerprint density at radius 1 is 1.03 bits per heavy atom. The third-order valence-corrected chi connectivity index (χ3v) is 5.90. The molecule has 0 aliphatic heterocycles. The van der Waals surface area contributed by atoms with Crippen LogP contribution in [0.3, 0.4) is 0 Å². The van der Waals surface area contributed by atoms with Crippen molar-refractivity contribution in [2.45, 2.75) is 12.8 Å². The fraction of sp³-hybridized carbons (Fsp3) is 0.261. The quantitative estimate of drug-likeness (QED) is 0.484. The molecule has 8 heteroatoms. The Morgan fingerprint density at radius 3 is 2.52 bits per heavy atom.